The molecule has 136 valence electrons. The average molecular weight is 370 g/mol. The molecule has 1 N–H and O–H groups in total. The zero-order chi connectivity index (χ0) is 19.0. The summed E-state index contributed by atoms with van der Waals surface area (Å²) in [5, 5.41) is 21.2. The van der Waals surface area contributed by atoms with E-state index in [1.54, 1.807) is 6.92 Å². The van der Waals surface area contributed by atoms with Gasteiger partial charge in [-0.25, -0.2) is 9.07 Å². The average Bonchev–Trinajstić information content (AvgIpc) is 3.28. The van der Waals surface area contributed by atoms with Crippen molar-refractivity contribution in [1.82, 2.24) is 44.6 Å². The number of tetrazole rings is 1. The van der Waals surface area contributed by atoms with E-state index in [0.29, 0.717) is 12.2 Å². The first-order valence-corrected chi connectivity index (χ1v) is 7.75. The molecule has 1 aromatic carbocycles. The number of fused-ring (bicyclic) bond motifs is 1. The molecular weight excluding hydrogens is 359 g/mol. The Morgan fingerprint density at radius 3 is 2.78 bits per heavy atom. The van der Waals surface area contributed by atoms with E-state index in [1.165, 1.54) is 44.5 Å². The first-order chi connectivity index (χ1) is 13.1. The minimum absolute atomic E-state index is 0.0709. The molecule has 4 aromatic rings. The molecule has 0 fully saturated rings. The van der Waals surface area contributed by atoms with Crippen molar-refractivity contribution in [1.29, 1.82) is 0 Å². The van der Waals surface area contributed by atoms with Gasteiger partial charge in [0.05, 0.1) is 5.69 Å². The molecule has 0 unspecified atom stereocenters. The van der Waals surface area contributed by atoms with Crippen molar-refractivity contribution in [3.8, 4) is 5.69 Å². The Kier molecular flexibility index (Phi) is 3.87. The van der Waals surface area contributed by atoms with E-state index < -0.39 is 23.0 Å². The molecule has 0 saturated carbocycles. The van der Waals surface area contributed by atoms with Gasteiger partial charge in [-0.15, -0.1) is 0 Å². The Morgan fingerprint density at radius 1 is 1.26 bits per heavy atom. The molecule has 1 amide bonds. The van der Waals surface area contributed by atoms with E-state index >= 15 is 0 Å². The lowest BCUT2D eigenvalue weighted by Crippen LogP contribution is -2.28. The van der Waals surface area contributed by atoms with Crippen molar-refractivity contribution >= 4 is 17.6 Å². The van der Waals surface area contributed by atoms with Crippen molar-refractivity contribution in [2.75, 3.05) is 5.32 Å². The van der Waals surface area contributed by atoms with Gasteiger partial charge in [-0.05, 0) is 41.6 Å². The molecule has 0 aliphatic carbocycles. The highest BCUT2D eigenvalue weighted by Crippen LogP contribution is 2.10. The van der Waals surface area contributed by atoms with E-state index in [9.17, 15) is 14.0 Å². The zero-order valence-corrected chi connectivity index (χ0v) is 13.8. The summed E-state index contributed by atoms with van der Waals surface area (Å²) >= 11 is 0. The lowest BCUT2D eigenvalue weighted by Gasteiger charge is -2.04. The summed E-state index contributed by atoms with van der Waals surface area (Å²) in [6, 6.07) is 5.44. The fourth-order valence-corrected chi connectivity index (χ4v) is 2.34. The summed E-state index contributed by atoms with van der Waals surface area (Å²) in [6.07, 6.45) is 1.28. The van der Waals surface area contributed by atoms with Gasteiger partial charge in [0.25, 0.3) is 11.7 Å². The van der Waals surface area contributed by atoms with E-state index in [2.05, 4.69) is 36.0 Å². The Morgan fingerprint density at radius 2 is 2.04 bits per heavy atom. The number of hydrogen-bond donors (Lipinski definition) is 1. The monoisotopic (exact) mass is 370 g/mol. The van der Waals surface area contributed by atoms with Gasteiger partial charge < -0.3 is 0 Å². The van der Waals surface area contributed by atoms with Crippen LogP contribution in [0.25, 0.3) is 11.5 Å². The van der Waals surface area contributed by atoms with Gasteiger partial charge in [0.2, 0.25) is 11.6 Å². The van der Waals surface area contributed by atoms with Crippen LogP contribution in [0.3, 0.4) is 0 Å². The highest BCUT2D eigenvalue weighted by atomic mass is 19.1. The van der Waals surface area contributed by atoms with Crippen LogP contribution in [0.2, 0.25) is 0 Å². The summed E-state index contributed by atoms with van der Waals surface area (Å²) in [7, 11) is 0. The third-order valence-corrected chi connectivity index (χ3v) is 3.63. The first-order valence-electron chi connectivity index (χ1n) is 7.75. The SMILES string of the molecule is CCn1nnnc1NC(=O)c1nn2cnn(-c3ccc(F)cc3)c2nc1=O. The number of benzene rings is 1. The van der Waals surface area contributed by atoms with Crippen molar-refractivity contribution in [3.63, 3.8) is 0 Å². The van der Waals surface area contributed by atoms with Gasteiger partial charge in [-0.3, -0.25) is 14.9 Å². The van der Waals surface area contributed by atoms with Gasteiger partial charge in [-0.2, -0.15) is 24.4 Å². The van der Waals surface area contributed by atoms with Gasteiger partial charge in [0.15, 0.2) is 0 Å². The summed E-state index contributed by atoms with van der Waals surface area (Å²) < 4.78 is 16.9. The molecule has 0 aliphatic heterocycles. The van der Waals surface area contributed by atoms with Crippen LogP contribution < -0.4 is 10.9 Å². The van der Waals surface area contributed by atoms with E-state index in [4.69, 9.17) is 0 Å². The lowest BCUT2D eigenvalue weighted by molar-refractivity contribution is 0.101. The number of rotatable bonds is 4. The fourth-order valence-electron chi connectivity index (χ4n) is 2.34. The maximum atomic E-state index is 13.1. The van der Waals surface area contributed by atoms with E-state index in [-0.39, 0.29) is 11.7 Å². The van der Waals surface area contributed by atoms with Crippen LogP contribution in [0.1, 0.15) is 17.4 Å². The fraction of sp³-hybridized carbons (Fsp3) is 0.143. The maximum Gasteiger partial charge on any atom is 0.306 e. The van der Waals surface area contributed by atoms with Crippen LogP contribution in [0.15, 0.2) is 35.4 Å². The number of nitrogens with one attached hydrogen (secondary N) is 1. The number of carbonyl (C=O) groups excluding carboxylic acids is 1. The second-order valence-electron chi connectivity index (χ2n) is 5.30. The number of carbonyl (C=O) groups is 1. The molecule has 27 heavy (non-hydrogen) atoms. The second kappa shape index (κ2) is 6.36. The Hall–Kier alpha value is -4.03. The molecule has 0 spiro atoms. The van der Waals surface area contributed by atoms with Crippen molar-refractivity contribution in [2.24, 2.45) is 0 Å². The molecule has 0 atom stereocenters. The molecule has 4 rings (SSSR count). The highest BCUT2D eigenvalue weighted by Gasteiger charge is 2.19. The summed E-state index contributed by atoms with van der Waals surface area (Å²) in [6.45, 7) is 2.22. The molecule has 3 heterocycles. The highest BCUT2D eigenvalue weighted by molar-refractivity contribution is 6.01. The number of aryl methyl sites for hydroxylation is 1. The molecule has 12 nitrogen and oxygen atoms in total. The number of hydrogen-bond acceptors (Lipinski definition) is 8. The smallest absolute Gasteiger partial charge is 0.288 e. The predicted molar refractivity (Wildman–Crippen MR) is 87.8 cm³/mol. The zero-order valence-electron chi connectivity index (χ0n) is 13.8. The number of anilines is 1. The van der Waals surface area contributed by atoms with Crippen LogP contribution in [0, 0.1) is 5.82 Å². The van der Waals surface area contributed by atoms with Gasteiger partial charge in [-0.1, -0.05) is 5.10 Å². The maximum absolute atomic E-state index is 13.1. The van der Waals surface area contributed by atoms with Crippen LogP contribution >= 0.6 is 0 Å². The van der Waals surface area contributed by atoms with Crippen LogP contribution in [-0.2, 0) is 6.54 Å². The lowest BCUT2D eigenvalue weighted by atomic mass is 10.3. The van der Waals surface area contributed by atoms with E-state index in [1.807, 2.05) is 0 Å². The van der Waals surface area contributed by atoms with Gasteiger partial charge in [0, 0.05) is 6.54 Å². The molecule has 0 bridgehead atoms. The van der Waals surface area contributed by atoms with Crippen LogP contribution in [0.5, 0.6) is 0 Å². The van der Waals surface area contributed by atoms with Crippen molar-refractivity contribution in [2.45, 2.75) is 13.5 Å². The quantitative estimate of drug-likeness (QED) is 0.515. The standard InChI is InChI=1S/C14H11FN10O2/c1-2-23-13(19-21-22-23)17-11(26)10-12(27)18-14-24(20-10)7-16-25(14)9-5-3-8(15)4-6-9/h3-7H,2H2,1H3,(H,17,19,22,26). The summed E-state index contributed by atoms with van der Waals surface area (Å²) in [5.74, 6) is -1.06. The van der Waals surface area contributed by atoms with E-state index in [0.717, 1.165) is 0 Å². The minimum atomic E-state index is -0.855. The van der Waals surface area contributed by atoms with Crippen molar-refractivity contribution in [3.05, 3.63) is 52.5 Å². The van der Waals surface area contributed by atoms with Gasteiger partial charge in [0.1, 0.15) is 12.1 Å². The number of halogens is 1. The molecule has 3 aromatic heterocycles. The second-order valence-corrected chi connectivity index (χ2v) is 5.30. The Balaban J connectivity index is 1.71. The largest absolute Gasteiger partial charge is 0.306 e. The molecule has 13 heteroatoms. The normalized spacial score (nSPS) is 11.0. The summed E-state index contributed by atoms with van der Waals surface area (Å²) in [4.78, 5) is 28.5. The number of nitrogens with zero attached hydrogens (tertiary/aromatic N) is 9. The third-order valence-electron chi connectivity index (χ3n) is 3.63. The first kappa shape index (κ1) is 16.4. The number of aromatic nitrogens is 9. The minimum Gasteiger partial charge on any atom is -0.288 e. The molecular formula is C14H11FN10O2. The van der Waals surface area contributed by atoms with Crippen molar-refractivity contribution < 1.29 is 9.18 Å². The summed E-state index contributed by atoms with van der Waals surface area (Å²) in [5.41, 5.74) is -0.824. The van der Waals surface area contributed by atoms with Crippen LogP contribution in [-0.4, -0.2) is 50.5 Å². The van der Waals surface area contributed by atoms with Crippen LogP contribution in [0.4, 0.5) is 10.3 Å². The molecule has 0 aliphatic rings. The number of amides is 1. The Bertz CT molecular complexity index is 1190. The topological polar surface area (TPSA) is 138 Å². The molecule has 0 saturated heterocycles. The molecule has 0 radical (unpaired) electrons. The Labute approximate surface area is 149 Å². The third kappa shape index (κ3) is 2.90. The van der Waals surface area contributed by atoms with Gasteiger partial charge >= 0.3 is 5.56 Å². The predicted octanol–water partition coefficient (Wildman–Crippen LogP) is -0.327.